The fraction of sp³-hybridized carbons (Fsp3) is 0.375. The third-order valence-electron chi connectivity index (χ3n) is 3.91. The zero-order chi connectivity index (χ0) is 15.4. The summed E-state index contributed by atoms with van der Waals surface area (Å²) < 4.78 is 18.4. The summed E-state index contributed by atoms with van der Waals surface area (Å²) in [6, 6.07) is 5.81. The molecule has 3 rings (SSSR count). The van der Waals surface area contributed by atoms with Crippen LogP contribution in [0.25, 0.3) is 0 Å². The van der Waals surface area contributed by atoms with Gasteiger partial charge in [0.1, 0.15) is 17.4 Å². The molecule has 2 heterocycles. The maximum atomic E-state index is 13.0. The summed E-state index contributed by atoms with van der Waals surface area (Å²) in [4.78, 5) is 21.3. The molecule has 0 atom stereocenters. The van der Waals surface area contributed by atoms with E-state index in [1.807, 2.05) is 6.20 Å². The molecule has 22 heavy (non-hydrogen) atoms. The Bertz CT molecular complexity index is 622. The summed E-state index contributed by atoms with van der Waals surface area (Å²) >= 11 is 0. The van der Waals surface area contributed by atoms with Crippen LogP contribution in [0.4, 0.5) is 4.39 Å². The van der Waals surface area contributed by atoms with Gasteiger partial charge in [-0.3, -0.25) is 4.79 Å². The molecular weight excluding hydrogens is 285 g/mol. The van der Waals surface area contributed by atoms with Crippen molar-refractivity contribution in [1.82, 2.24) is 14.9 Å². The molecule has 116 valence electrons. The molecule has 0 bridgehead atoms. The first-order chi connectivity index (χ1) is 10.7. The van der Waals surface area contributed by atoms with Gasteiger partial charge in [-0.15, -0.1) is 0 Å². The number of imidazole rings is 1. The van der Waals surface area contributed by atoms with Crippen LogP contribution in [0, 0.1) is 5.82 Å². The molecule has 1 amide bonds. The predicted octanol–water partition coefficient (Wildman–Crippen LogP) is 2.33. The number of aromatic amines is 1. The van der Waals surface area contributed by atoms with E-state index < -0.39 is 0 Å². The normalized spacial score (nSPS) is 15.8. The zero-order valence-electron chi connectivity index (χ0n) is 12.2. The number of rotatable bonds is 4. The molecule has 1 aliphatic rings. The Labute approximate surface area is 128 Å². The summed E-state index contributed by atoms with van der Waals surface area (Å²) in [7, 11) is 0. The maximum absolute atomic E-state index is 13.0. The van der Waals surface area contributed by atoms with Crippen molar-refractivity contribution in [1.29, 1.82) is 0 Å². The number of nitrogens with zero attached hydrogens (tertiary/aromatic N) is 2. The smallest absolute Gasteiger partial charge is 0.260 e. The molecular formula is C16H18FN3O2. The number of halogens is 1. The van der Waals surface area contributed by atoms with Gasteiger partial charge in [0.2, 0.25) is 0 Å². The Hall–Kier alpha value is -2.37. The zero-order valence-corrected chi connectivity index (χ0v) is 12.2. The second-order valence-electron chi connectivity index (χ2n) is 5.38. The van der Waals surface area contributed by atoms with Gasteiger partial charge >= 0.3 is 0 Å². The van der Waals surface area contributed by atoms with Crippen molar-refractivity contribution in [2.45, 2.75) is 18.8 Å². The fourth-order valence-electron chi connectivity index (χ4n) is 2.70. The van der Waals surface area contributed by atoms with Gasteiger partial charge in [0, 0.05) is 37.5 Å². The number of likely N-dealkylation sites (tertiary alicyclic amines) is 1. The van der Waals surface area contributed by atoms with E-state index in [-0.39, 0.29) is 18.3 Å². The van der Waals surface area contributed by atoms with Gasteiger partial charge in [-0.05, 0) is 25.0 Å². The monoisotopic (exact) mass is 303 g/mol. The van der Waals surface area contributed by atoms with E-state index in [1.54, 1.807) is 23.2 Å². The molecule has 1 aromatic carbocycles. The lowest BCUT2D eigenvalue weighted by atomic mass is 9.96. The number of amides is 1. The summed E-state index contributed by atoms with van der Waals surface area (Å²) in [6.07, 6.45) is 5.35. The first kappa shape index (κ1) is 14.6. The van der Waals surface area contributed by atoms with Crippen LogP contribution in [-0.4, -0.2) is 40.5 Å². The number of hydrogen-bond acceptors (Lipinski definition) is 3. The van der Waals surface area contributed by atoms with Crippen LogP contribution in [-0.2, 0) is 4.79 Å². The van der Waals surface area contributed by atoms with E-state index in [0.717, 1.165) is 18.7 Å². The number of carbonyl (C=O) groups excluding carboxylic acids is 1. The molecule has 1 N–H and O–H groups in total. The van der Waals surface area contributed by atoms with E-state index in [0.29, 0.717) is 24.8 Å². The van der Waals surface area contributed by atoms with Crippen LogP contribution < -0.4 is 4.74 Å². The molecule has 0 saturated carbocycles. The minimum atomic E-state index is -0.371. The largest absolute Gasteiger partial charge is 0.484 e. The molecule has 1 fully saturated rings. The van der Waals surface area contributed by atoms with Crippen molar-refractivity contribution in [3.05, 3.63) is 48.3 Å². The summed E-state index contributed by atoms with van der Waals surface area (Å²) in [5.41, 5.74) is 0. The number of ether oxygens (including phenoxy) is 1. The fourth-order valence-corrected chi connectivity index (χ4v) is 2.70. The molecule has 6 heteroatoms. The number of hydrogen-bond donors (Lipinski definition) is 1. The highest BCUT2D eigenvalue weighted by Crippen LogP contribution is 2.25. The molecule has 1 aliphatic heterocycles. The van der Waals surface area contributed by atoms with Gasteiger partial charge < -0.3 is 14.6 Å². The lowest BCUT2D eigenvalue weighted by molar-refractivity contribution is -0.134. The van der Waals surface area contributed by atoms with Crippen LogP contribution in [0.15, 0.2) is 36.7 Å². The standard InChI is InChI=1S/C16H18FN3O2/c17-13-2-1-3-14(10-13)22-11-15(21)20-8-4-12(5-9-20)16-18-6-7-19-16/h1-3,6-7,10,12H,4-5,8-9,11H2,(H,18,19). The molecule has 0 spiro atoms. The van der Waals surface area contributed by atoms with Gasteiger partial charge in [0.15, 0.2) is 6.61 Å². The third-order valence-corrected chi connectivity index (χ3v) is 3.91. The van der Waals surface area contributed by atoms with Crippen molar-refractivity contribution >= 4 is 5.91 Å². The van der Waals surface area contributed by atoms with Crippen LogP contribution in [0.5, 0.6) is 5.75 Å². The van der Waals surface area contributed by atoms with E-state index in [4.69, 9.17) is 4.74 Å². The van der Waals surface area contributed by atoms with Crippen molar-refractivity contribution in [2.75, 3.05) is 19.7 Å². The first-order valence-corrected chi connectivity index (χ1v) is 7.38. The van der Waals surface area contributed by atoms with Gasteiger partial charge in [-0.2, -0.15) is 0 Å². The molecule has 0 aliphatic carbocycles. The second kappa shape index (κ2) is 6.60. The van der Waals surface area contributed by atoms with E-state index in [9.17, 15) is 9.18 Å². The van der Waals surface area contributed by atoms with E-state index in [2.05, 4.69) is 9.97 Å². The van der Waals surface area contributed by atoms with Crippen LogP contribution >= 0.6 is 0 Å². The van der Waals surface area contributed by atoms with Gasteiger partial charge in [-0.25, -0.2) is 9.37 Å². The average Bonchev–Trinajstić information content (AvgIpc) is 3.07. The quantitative estimate of drug-likeness (QED) is 0.943. The maximum Gasteiger partial charge on any atom is 0.260 e. The van der Waals surface area contributed by atoms with E-state index in [1.165, 1.54) is 12.1 Å². The number of H-pyrrole nitrogens is 1. The Morgan fingerprint density at radius 2 is 2.23 bits per heavy atom. The highest BCUT2D eigenvalue weighted by molar-refractivity contribution is 5.77. The highest BCUT2D eigenvalue weighted by atomic mass is 19.1. The van der Waals surface area contributed by atoms with Crippen LogP contribution in [0.3, 0.4) is 0 Å². The third kappa shape index (κ3) is 3.44. The van der Waals surface area contributed by atoms with Crippen molar-refractivity contribution in [2.24, 2.45) is 0 Å². The minimum absolute atomic E-state index is 0.0606. The second-order valence-corrected chi connectivity index (χ2v) is 5.38. The summed E-state index contributed by atoms with van der Waals surface area (Å²) in [6.45, 7) is 1.32. The average molecular weight is 303 g/mol. The van der Waals surface area contributed by atoms with E-state index >= 15 is 0 Å². The Morgan fingerprint density at radius 1 is 1.41 bits per heavy atom. The Balaban J connectivity index is 1.48. The van der Waals surface area contributed by atoms with Crippen molar-refractivity contribution in [3.63, 3.8) is 0 Å². The Kier molecular flexibility index (Phi) is 4.37. The molecule has 1 aromatic heterocycles. The van der Waals surface area contributed by atoms with Crippen molar-refractivity contribution < 1.29 is 13.9 Å². The van der Waals surface area contributed by atoms with Gasteiger partial charge in [-0.1, -0.05) is 6.07 Å². The number of aromatic nitrogens is 2. The molecule has 1 saturated heterocycles. The van der Waals surface area contributed by atoms with Gasteiger partial charge in [0.05, 0.1) is 0 Å². The molecule has 5 nitrogen and oxygen atoms in total. The van der Waals surface area contributed by atoms with Crippen LogP contribution in [0.1, 0.15) is 24.6 Å². The topological polar surface area (TPSA) is 58.2 Å². The van der Waals surface area contributed by atoms with Crippen molar-refractivity contribution in [3.8, 4) is 5.75 Å². The summed E-state index contributed by atoms with van der Waals surface area (Å²) in [5, 5.41) is 0. The number of carbonyl (C=O) groups is 1. The highest BCUT2D eigenvalue weighted by Gasteiger charge is 2.25. The van der Waals surface area contributed by atoms with Crippen LogP contribution in [0.2, 0.25) is 0 Å². The van der Waals surface area contributed by atoms with Gasteiger partial charge in [0.25, 0.3) is 5.91 Å². The summed E-state index contributed by atoms with van der Waals surface area (Å²) in [5.74, 6) is 1.30. The number of nitrogens with one attached hydrogen (secondary N) is 1. The minimum Gasteiger partial charge on any atom is -0.484 e. The predicted molar refractivity (Wildman–Crippen MR) is 79.0 cm³/mol. The molecule has 0 unspecified atom stereocenters. The Morgan fingerprint density at radius 3 is 2.91 bits per heavy atom. The first-order valence-electron chi connectivity index (χ1n) is 7.38. The number of piperidine rings is 1. The lowest BCUT2D eigenvalue weighted by Crippen LogP contribution is -2.40. The molecule has 2 aromatic rings. The number of benzene rings is 1. The molecule has 0 radical (unpaired) electrons. The SMILES string of the molecule is O=C(COc1cccc(F)c1)N1CCC(c2ncc[nH]2)CC1. The lowest BCUT2D eigenvalue weighted by Gasteiger charge is -2.31.